The van der Waals surface area contributed by atoms with Gasteiger partial charge in [-0.15, -0.1) is 0 Å². The maximum atomic E-state index is 12.1. The molecule has 4 rings (SSSR count). The lowest BCUT2D eigenvalue weighted by Crippen LogP contribution is -2.42. The van der Waals surface area contributed by atoms with E-state index in [0.29, 0.717) is 0 Å². The third-order valence-electron chi connectivity index (χ3n) is 5.30. The summed E-state index contributed by atoms with van der Waals surface area (Å²) in [4.78, 5) is 23.6. The van der Waals surface area contributed by atoms with Crippen molar-refractivity contribution in [3.8, 4) is 0 Å². The number of para-hydroxylation sites is 1. The molecular formula is C26H24N2O4. The zero-order chi connectivity index (χ0) is 22.3. The molecule has 0 aliphatic carbocycles. The highest BCUT2D eigenvalue weighted by molar-refractivity contribution is 5.80. The molecular weight excluding hydrogens is 404 g/mol. The van der Waals surface area contributed by atoms with E-state index in [1.807, 2.05) is 66.7 Å². The van der Waals surface area contributed by atoms with Crippen molar-refractivity contribution in [1.82, 2.24) is 9.88 Å². The van der Waals surface area contributed by atoms with Crippen LogP contribution in [0.25, 0.3) is 10.9 Å². The Kier molecular flexibility index (Phi) is 6.51. The van der Waals surface area contributed by atoms with Crippen molar-refractivity contribution < 1.29 is 19.4 Å². The van der Waals surface area contributed by atoms with Crippen LogP contribution in [0.3, 0.4) is 0 Å². The zero-order valence-electron chi connectivity index (χ0n) is 17.5. The average Bonchev–Trinajstić information content (AvgIpc) is 3.22. The van der Waals surface area contributed by atoms with E-state index in [2.05, 4.69) is 34.3 Å². The molecule has 0 saturated carbocycles. The maximum absolute atomic E-state index is 12.1. The summed E-state index contributed by atoms with van der Waals surface area (Å²) < 4.78 is 7.42. The summed E-state index contributed by atoms with van der Waals surface area (Å²) in [7, 11) is 0. The monoisotopic (exact) mass is 428 g/mol. The summed E-state index contributed by atoms with van der Waals surface area (Å²) >= 11 is 0. The van der Waals surface area contributed by atoms with Crippen LogP contribution in [0.4, 0.5) is 4.79 Å². The fourth-order valence-electron chi connectivity index (χ4n) is 3.60. The quantitative estimate of drug-likeness (QED) is 0.429. The van der Waals surface area contributed by atoms with Gasteiger partial charge in [0.2, 0.25) is 0 Å². The molecule has 0 radical (unpaired) electrons. The number of nitrogens with one attached hydrogen (secondary N) is 1. The number of benzene rings is 3. The standard InChI is InChI=1S/C26H24N2O4/c29-25(30)23(16-19-6-2-1-3-7-19)27-26(31)32-18-21-12-10-20(11-13-21)17-28-15-14-22-8-4-5-9-24(22)28/h1-15,23H,16-18H2,(H,27,31)(H,29,30)/t23-/m1/s1. The van der Waals surface area contributed by atoms with E-state index >= 15 is 0 Å². The summed E-state index contributed by atoms with van der Waals surface area (Å²) in [5.41, 5.74) is 3.97. The summed E-state index contributed by atoms with van der Waals surface area (Å²) in [5.74, 6) is -1.10. The molecule has 1 amide bonds. The Bertz CT molecular complexity index is 1200. The molecule has 0 aliphatic heterocycles. The first-order valence-corrected chi connectivity index (χ1v) is 10.4. The molecule has 3 aromatic carbocycles. The number of aliphatic carboxylic acids is 1. The van der Waals surface area contributed by atoms with E-state index in [9.17, 15) is 14.7 Å². The van der Waals surface area contributed by atoms with E-state index in [1.165, 1.54) is 10.9 Å². The fourth-order valence-corrected chi connectivity index (χ4v) is 3.60. The van der Waals surface area contributed by atoms with Crippen LogP contribution in [0.15, 0.2) is 91.1 Å². The van der Waals surface area contributed by atoms with Crippen LogP contribution in [-0.2, 0) is 29.1 Å². The highest BCUT2D eigenvalue weighted by Crippen LogP contribution is 2.17. The predicted molar refractivity (Wildman–Crippen MR) is 122 cm³/mol. The number of carbonyl (C=O) groups excluding carboxylic acids is 1. The van der Waals surface area contributed by atoms with E-state index in [1.54, 1.807) is 0 Å². The van der Waals surface area contributed by atoms with Crippen LogP contribution in [0.5, 0.6) is 0 Å². The molecule has 1 atom stereocenters. The topological polar surface area (TPSA) is 80.6 Å². The van der Waals surface area contributed by atoms with E-state index < -0.39 is 18.1 Å². The van der Waals surface area contributed by atoms with E-state index in [0.717, 1.165) is 23.2 Å². The Morgan fingerprint density at radius 1 is 0.844 bits per heavy atom. The Morgan fingerprint density at radius 3 is 2.28 bits per heavy atom. The molecule has 32 heavy (non-hydrogen) atoms. The van der Waals surface area contributed by atoms with Crippen molar-refractivity contribution in [2.75, 3.05) is 0 Å². The summed E-state index contributed by atoms with van der Waals surface area (Å²) in [6.45, 7) is 0.811. The number of carboxylic acids is 1. The minimum Gasteiger partial charge on any atom is -0.480 e. The lowest BCUT2D eigenvalue weighted by Gasteiger charge is -2.15. The molecule has 162 valence electrons. The number of carbonyl (C=O) groups is 2. The van der Waals surface area contributed by atoms with Gasteiger partial charge in [-0.1, -0.05) is 72.8 Å². The third-order valence-corrected chi connectivity index (χ3v) is 5.30. The van der Waals surface area contributed by atoms with E-state index in [4.69, 9.17) is 4.74 Å². The molecule has 4 aromatic rings. The Balaban J connectivity index is 1.30. The molecule has 0 spiro atoms. The zero-order valence-corrected chi connectivity index (χ0v) is 17.5. The number of hydrogen-bond acceptors (Lipinski definition) is 3. The van der Waals surface area contributed by atoms with Gasteiger partial charge in [0, 0.05) is 24.7 Å². The summed E-state index contributed by atoms with van der Waals surface area (Å²) in [6.07, 6.45) is 1.50. The van der Waals surface area contributed by atoms with Crippen LogP contribution in [-0.4, -0.2) is 27.8 Å². The average molecular weight is 428 g/mol. The first-order valence-electron chi connectivity index (χ1n) is 10.4. The number of rotatable bonds is 8. The summed E-state index contributed by atoms with van der Waals surface area (Å²) in [5, 5.41) is 13.0. The first-order chi connectivity index (χ1) is 15.6. The van der Waals surface area contributed by atoms with Gasteiger partial charge < -0.3 is 19.7 Å². The van der Waals surface area contributed by atoms with Crippen molar-refractivity contribution >= 4 is 23.0 Å². The fraction of sp³-hybridized carbons (Fsp3) is 0.154. The number of amides is 1. The van der Waals surface area contributed by atoms with Crippen LogP contribution in [0.1, 0.15) is 16.7 Å². The van der Waals surface area contributed by atoms with Crippen LogP contribution < -0.4 is 5.32 Å². The molecule has 0 aliphatic rings. The second-order valence-corrected chi connectivity index (χ2v) is 7.62. The van der Waals surface area contributed by atoms with E-state index in [-0.39, 0.29) is 13.0 Å². The third kappa shape index (κ3) is 5.35. The highest BCUT2D eigenvalue weighted by atomic mass is 16.5. The molecule has 1 aromatic heterocycles. The van der Waals surface area contributed by atoms with Gasteiger partial charge in [-0.2, -0.15) is 0 Å². The molecule has 2 N–H and O–H groups in total. The first kappa shape index (κ1) is 21.2. The minimum absolute atomic E-state index is 0.0657. The molecule has 0 fully saturated rings. The van der Waals surface area contributed by atoms with Crippen molar-refractivity contribution in [3.63, 3.8) is 0 Å². The second kappa shape index (κ2) is 9.83. The Morgan fingerprint density at radius 2 is 1.53 bits per heavy atom. The van der Waals surface area contributed by atoms with Gasteiger partial charge in [0.1, 0.15) is 12.6 Å². The smallest absolute Gasteiger partial charge is 0.408 e. The van der Waals surface area contributed by atoms with Gasteiger partial charge in [-0.25, -0.2) is 9.59 Å². The van der Waals surface area contributed by atoms with Crippen LogP contribution in [0.2, 0.25) is 0 Å². The van der Waals surface area contributed by atoms with Crippen LogP contribution >= 0.6 is 0 Å². The lowest BCUT2D eigenvalue weighted by molar-refractivity contribution is -0.139. The maximum Gasteiger partial charge on any atom is 0.408 e. The number of carboxylic acid groups (broad SMARTS) is 1. The number of aromatic nitrogens is 1. The van der Waals surface area contributed by atoms with Gasteiger partial charge in [-0.05, 0) is 34.2 Å². The molecule has 0 bridgehead atoms. The summed E-state index contributed by atoms with van der Waals surface area (Å²) in [6, 6.07) is 26.3. The number of nitrogens with zero attached hydrogens (tertiary/aromatic N) is 1. The number of ether oxygens (including phenoxy) is 1. The van der Waals surface area contributed by atoms with Gasteiger partial charge in [0.15, 0.2) is 0 Å². The number of fused-ring (bicyclic) bond motifs is 1. The van der Waals surface area contributed by atoms with Gasteiger partial charge >= 0.3 is 12.1 Å². The van der Waals surface area contributed by atoms with Gasteiger partial charge in [0.05, 0.1) is 0 Å². The van der Waals surface area contributed by atoms with Crippen molar-refractivity contribution in [2.45, 2.75) is 25.6 Å². The van der Waals surface area contributed by atoms with Crippen molar-refractivity contribution in [3.05, 3.63) is 108 Å². The largest absolute Gasteiger partial charge is 0.480 e. The van der Waals surface area contributed by atoms with Crippen LogP contribution in [0, 0.1) is 0 Å². The predicted octanol–water partition coefficient (Wildman–Crippen LogP) is 4.61. The SMILES string of the molecule is O=C(N[C@H](Cc1ccccc1)C(=O)O)OCc1ccc(Cn2ccc3ccccc32)cc1. The molecule has 6 nitrogen and oxygen atoms in total. The second-order valence-electron chi connectivity index (χ2n) is 7.62. The lowest BCUT2D eigenvalue weighted by atomic mass is 10.1. The molecule has 6 heteroatoms. The van der Waals surface area contributed by atoms with Gasteiger partial charge in [-0.3, -0.25) is 0 Å². The molecule has 0 saturated heterocycles. The highest BCUT2D eigenvalue weighted by Gasteiger charge is 2.21. The van der Waals surface area contributed by atoms with Gasteiger partial charge in [0.25, 0.3) is 0 Å². The molecule has 0 unspecified atom stereocenters. The number of alkyl carbamates (subject to hydrolysis) is 1. The molecule has 1 heterocycles. The Labute approximate surface area is 186 Å². The van der Waals surface area contributed by atoms with Crippen molar-refractivity contribution in [2.24, 2.45) is 0 Å². The normalized spacial score (nSPS) is 11.8. The Hall–Kier alpha value is -4.06. The van der Waals surface area contributed by atoms with Crippen molar-refractivity contribution in [1.29, 1.82) is 0 Å². The minimum atomic E-state index is -1.10. The number of hydrogen-bond donors (Lipinski definition) is 2.